The van der Waals surface area contributed by atoms with Crippen LogP contribution in [0.4, 0.5) is 5.13 Å². The van der Waals surface area contributed by atoms with Crippen LogP contribution in [0.5, 0.6) is 5.75 Å². The number of aromatic nitrogens is 1. The molecule has 3 aromatic rings. The van der Waals surface area contributed by atoms with Gasteiger partial charge in [-0.15, -0.1) is 0 Å². The van der Waals surface area contributed by atoms with Crippen molar-refractivity contribution in [2.45, 2.75) is 19.9 Å². The number of thiazole rings is 1. The molecule has 1 atom stereocenters. The van der Waals surface area contributed by atoms with Gasteiger partial charge in [-0.05, 0) is 55.3 Å². The molecule has 1 aliphatic heterocycles. The molecule has 2 heterocycles. The van der Waals surface area contributed by atoms with Crippen LogP contribution in [0, 0.1) is 13.8 Å². The maximum Gasteiger partial charge on any atom is 0.350 e. The Bertz CT molecular complexity index is 1380. The van der Waals surface area contributed by atoms with E-state index in [1.165, 1.54) is 19.1 Å². The van der Waals surface area contributed by atoms with Gasteiger partial charge < -0.3 is 14.6 Å². The lowest BCUT2D eigenvalue weighted by Crippen LogP contribution is -2.29. The summed E-state index contributed by atoms with van der Waals surface area (Å²) in [4.78, 5) is 44.4. The van der Waals surface area contributed by atoms with Gasteiger partial charge >= 0.3 is 11.9 Å². The Morgan fingerprint density at radius 3 is 2.40 bits per heavy atom. The van der Waals surface area contributed by atoms with Gasteiger partial charge in [-0.2, -0.15) is 0 Å². The van der Waals surface area contributed by atoms with E-state index in [1.54, 1.807) is 56.3 Å². The second kappa shape index (κ2) is 9.52. The molecule has 0 radical (unpaired) electrons. The number of hydrogen-bond acceptors (Lipinski definition) is 8. The molecule has 1 saturated heterocycles. The molecule has 180 valence electrons. The van der Waals surface area contributed by atoms with Crippen LogP contribution in [0.25, 0.3) is 5.76 Å². The van der Waals surface area contributed by atoms with E-state index in [1.807, 2.05) is 0 Å². The number of aliphatic hydroxyl groups is 1. The third-order valence-corrected chi connectivity index (χ3v) is 7.05. The first-order valence-electron chi connectivity index (χ1n) is 10.4. The van der Waals surface area contributed by atoms with Crippen molar-refractivity contribution in [3.63, 3.8) is 0 Å². The molecule has 1 aromatic heterocycles. The summed E-state index contributed by atoms with van der Waals surface area (Å²) >= 11 is 7.00. The SMILES string of the molecule is COC(=O)c1sc(N2C(=O)C(=O)/C(=C(/O)c3ccc(OC)c(C)c3)[C@@H]2c2ccc(Cl)cc2)nc1C. The molecule has 0 bridgehead atoms. The maximum absolute atomic E-state index is 13.3. The smallest absolute Gasteiger partial charge is 0.350 e. The summed E-state index contributed by atoms with van der Waals surface area (Å²) in [6.07, 6.45) is 0. The van der Waals surface area contributed by atoms with Crippen molar-refractivity contribution in [1.29, 1.82) is 0 Å². The van der Waals surface area contributed by atoms with E-state index in [-0.39, 0.29) is 21.3 Å². The minimum absolute atomic E-state index is 0.102. The van der Waals surface area contributed by atoms with Gasteiger partial charge in [0.15, 0.2) is 5.13 Å². The van der Waals surface area contributed by atoms with Gasteiger partial charge in [0.2, 0.25) is 0 Å². The van der Waals surface area contributed by atoms with Gasteiger partial charge in [0, 0.05) is 10.6 Å². The molecule has 0 saturated carbocycles. The highest BCUT2D eigenvalue weighted by Gasteiger charge is 2.48. The molecular weight excluding hydrogens is 492 g/mol. The van der Waals surface area contributed by atoms with Crippen molar-refractivity contribution >= 4 is 51.5 Å². The third-order valence-electron chi connectivity index (χ3n) is 5.66. The standard InChI is InChI=1S/C25H21ClN2O6S/c1-12-11-15(7-10-17(12)33-3)20(29)18-19(14-5-8-16(26)9-6-14)28(23(31)21(18)30)25-27-13(2)22(35-25)24(32)34-4/h5-11,19,29H,1-4H3/b20-18+/t19-/m0/s1. The number of Topliss-reactive ketones (excluding diaryl/α,β-unsaturated/α-hetero) is 1. The zero-order valence-electron chi connectivity index (χ0n) is 19.3. The summed E-state index contributed by atoms with van der Waals surface area (Å²) in [6, 6.07) is 10.5. The molecule has 2 aromatic carbocycles. The van der Waals surface area contributed by atoms with Crippen molar-refractivity contribution in [2.75, 3.05) is 19.1 Å². The lowest BCUT2D eigenvalue weighted by molar-refractivity contribution is -0.132. The molecule has 8 nitrogen and oxygen atoms in total. The number of benzene rings is 2. The number of nitrogens with zero attached hydrogens (tertiary/aromatic N) is 2. The first kappa shape index (κ1) is 24.4. The van der Waals surface area contributed by atoms with Crippen LogP contribution in [-0.2, 0) is 14.3 Å². The molecule has 0 unspecified atom stereocenters. The van der Waals surface area contributed by atoms with Crippen LogP contribution in [0.3, 0.4) is 0 Å². The molecule has 1 aliphatic rings. The van der Waals surface area contributed by atoms with Crippen LogP contribution in [-0.4, -0.2) is 42.0 Å². The van der Waals surface area contributed by atoms with Gasteiger partial charge in [0.05, 0.1) is 31.5 Å². The van der Waals surface area contributed by atoms with Crippen molar-refractivity contribution in [2.24, 2.45) is 0 Å². The van der Waals surface area contributed by atoms with E-state index >= 15 is 0 Å². The van der Waals surface area contributed by atoms with Gasteiger partial charge in [-0.25, -0.2) is 9.78 Å². The molecule has 4 rings (SSSR count). The number of hydrogen-bond donors (Lipinski definition) is 1. The van der Waals surface area contributed by atoms with Gasteiger partial charge in [0.1, 0.15) is 16.4 Å². The second-order valence-corrected chi connectivity index (χ2v) is 9.22. The topological polar surface area (TPSA) is 106 Å². The summed E-state index contributed by atoms with van der Waals surface area (Å²) in [7, 11) is 2.78. The Balaban J connectivity index is 1.93. The van der Waals surface area contributed by atoms with Crippen molar-refractivity contribution < 1.29 is 29.0 Å². The highest BCUT2D eigenvalue weighted by atomic mass is 35.5. The fourth-order valence-corrected chi connectivity index (χ4v) is 5.08. The fourth-order valence-electron chi connectivity index (χ4n) is 3.94. The van der Waals surface area contributed by atoms with E-state index in [0.29, 0.717) is 27.6 Å². The predicted molar refractivity (Wildman–Crippen MR) is 132 cm³/mol. The second-order valence-electron chi connectivity index (χ2n) is 7.81. The number of aliphatic hydroxyl groups excluding tert-OH is 1. The van der Waals surface area contributed by atoms with Crippen LogP contribution >= 0.6 is 22.9 Å². The lowest BCUT2D eigenvalue weighted by Gasteiger charge is -2.23. The largest absolute Gasteiger partial charge is 0.507 e. The molecule has 0 aliphatic carbocycles. The lowest BCUT2D eigenvalue weighted by atomic mass is 9.95. The van der Waals surface area contributed by atoms with E-state index < -0.39 is 23.7 Å². The summed E-state index contributed by atoms with van der Waals surface area (Å²) in [6.45, 7) is 3.41. The fraction of sp³-hybridized carbons (Fsp3) is 0.200. The summed E-state index contributed by atoms with van der Waals surface area (Å²) in [5.74, 6) is -2.06. The van der Waals surface area contributed by atoms with E-state index in [2.05, 4.69) is 4.98 Å². The monoisotopic (exact) mass is 512 g/mol. The number of ether oxygens (including phenoxy) is 2. The van der Waals surface area contributed by atoms with Gasteiger partial charge in [-0.3, -0.25) is 14.5 Å². The molecule has 0 spiro atoms. The first-order valence-corrected chi connectivity index (χ1v) is 11.6. The minimum Gasteiger partial charge on any atom is -0.507 e. The van der Waals surface area contributed by atoms with Crippen molar-refractivity contribution in [3.8, 4) is 5.75 Å². The van der Waals surface area contributed by atoms with Crippen molar-refractivity contribution in [3.05, 3.63) is 80.3 Å². The van der Waals surface area contributed by atoms with E-state index in [4.69, 9.17) is 21.1 Å². The van der Waals surface area contributed by atoms with Crippen LogP contribution in [0.15, 0.2) is 48.0 Å². The summed E-state index contributed by atoms with van der Waals surface area (Å²) in [5, 5.41) is 11.9. The average molecular weight is 513 g/mol. The number of ketones is 1. The summed E-state index contributed by atoms with van der Waals surface area (Å²) in [5.41, 5.74) is 1.89. The normalized spacial score (nSPS) is 17.1. The number of anilines is 1. The maximum atomic E-state index is 13.3. The number of esters is 1. The number of aryl methyl sites for hydroxylation is 2. The highest BCUT2D eigenvalue weighted by molar-refractivity contribution is 7.17. The molecular formula is C25H21ClN2O6S. The Morgan fingerprint density at radius 1 is 1.11 bits per heavy atom. The van der Waals surface area contributed by atoms with Crippen LogP contribution < -0.4 is 9.64 Å². The first-order chi connectivity index (χ1) is 16.7. The van der Waals surface area contributed by atoms with Crippen LogP contribution in [0.1, 0.15) is 38.1 Å². The predicted octanol–water partition coefficient (Wildman–Crippen LogP) is 4.83. The number of halogens is 1. The molecule has 1 amide bonds. The van der Waals surface area contributed by atoms with Crippen molar-refractivity contribution in [1.82, 2.24) is 4.98 Å². The van der Waals surface area contributed by atoms with E-state index in [9.17, 15) is 19.5 Å². The number of carbonyl (C=O) groups excluding carboxylic acids is 3. The third kappa shape index (κ3) is 4.28. The highest BCUT2D eigenvalue weighted by Crippen LogP contribution is 2.44. The molecule has 1 fully saturated rings. The van der Waals surface area contributed by atoms with Crippen LogP contribution in [0.2, 0.25) is 5.02 Å². The van der Waals surface area contributed by atoms with E-state index in [0.717, 1.165) is 16.9 Å². The Morgan fingerprint density at radius 2 is 1.80 bits per heavy atom. The minimum atomic E-state index is -0.995. The number of carbonyl (C=O) groups is 3. The molecule has 1 N–H and O–H groups in total. The molecule has 10 heteroatoms. The Labute approximate surface area is 210 Å². The summed E-state index contributed by atoms with van der Waals surface area (Å²) < 4.78 is 10.1. The number of methoxy groups -OCH3 is 2. The zero-order chi connectivity index (χ0) is 25.4. The Hall–Kier alpha value is -3.69. The number of rotatable bonds is 5. The number of amides is 1. The zero-order valence-corrected chi connectivity index (χ0v) is 20.9. The molecule has 35 heavy (non-hydrogen) atoms. The van der Waals surface area contributed by atoms with Gasteiger partial charge in [-0.1, -0.05) is 35.1 Å². The average Bonchev–Trinajstić information content (AvgIpc) is 3.35. The Kier molecular flexibility index (Phi) is 6.64. The van der Waals surface area contributed by atoms with Gasteiger partial charge in [0.25, 0.3) is 5.78 Å². The quantitative estimate of drug-likeness (QED) is 0.226.